The Morgan fingerprint density at radius 3 is 2.58 bits per heavy atom. The van der Waals surface area contributed by atoms with E-state index >= 15 is 0 Å². The topological polar surface area (TPSA) is 20.3 Å². The van der Waals surface area contributed by atoms with Gasteiger partial charge in [-0.3, -0.25) is 4.79 Å². The molecule has 0 saturated heterocycles. The normalized spacial score (nSPS) is 10.7. The molecule has 1 aromatic rings. The predicted molar refractivity (Wildman–Crippen MR) is 86.5 cm³/mol. The van der Waals surface area contributed by atoms with E-state index in [0.29, 0.717) is 6.42 Å². The van der Waals surface area contributed by atoms with Crippen molar-refractivity contribution in [1.82, 2.24) is 4.90 Å². The zero-order valence-corrected chi connectivity index (χ0v) is 14.4. The third-order valence-corrected chi connectivity index (χ3v) is 4.76. The first kappa shape index (κ1) is 16.7. The number of halogens is 1. The minimum absolute atomic E-state index is 0.262. The van der Waals surface area contributed by atoms with E-state index in [1.165, 1.54) is 37.7 Å². The van der Waals surface area contributed by atoms with Gasteiger partial charge in [-0.05, 0) is 39.4 Å². The second kappa shape index (κ2) is 9.54. The second-order valence-corrected chi connectivity index (χ2v) is 7.32. The van der Waals surface area contributed by atoms with E-state index in [1.54, 1.807) is 11.3 Å². The van der Waals surface area contributed by atoms with Crippen molar-refractivity contribution in [3.05, 3.63) is 20.8 Å². The summed E-state index contributed by atoms with van der Waals surface area (Å²) in [7, 11) is 1.89. The Hall–Kier alpha value is -0.350. The predicted octanol–water partition coefficient (Wildman–Crippen LogP) is 5.22. The van der Waals surface area contributed by atoms with Crippen LogP contribution < -0.4 is 0 Å². The van der Waals surface area contributed by atoms with Crippen LogP contribution in [0, 0.1) is 0 Å². The summed E-state index contributed by atoms with van der Waals surface area (Å²) in [5.74, 6) is 0.262. The highest BCUT2D eigenvalue weighted by atomic mass is 79.9. The minimum atomic E-state index is 0.262. The van der Waals surface area contributed by atoms with Gasteiger partial charge in [-0.25, -0.2) is 0 Å². The lowest BCUT2D eigenvalue weighted by Crippen LogP contribution is -2.25. The van der Waals surface area contributed by atoms with Crippen LogP contribution in [-0.4, -0.2) is 17.9 Å². The fourth-order valence-corrected chi connectivity index (χ4v) is 3.24. The molecule has 19 heavy (non-hydrogen) atoms. The molecule has 0 aliphatic carbocycles. The van der Waals surface area contributed by atoms with Crippen LogP contribution in [0.25, 0.3) is 0 Å². The summed E-state index contributed by atoms with van der Waals surface area (Å²) in [6.45, 7) is 2.94. The molecule has 0 spiro atoms. The maximum Gasteiger partial charge on any atom is 0.222 e. The minimum Gasteiger partial charge on any atom is -0.341 e. The van der Waals surface area contributed by atoms with Crippen LogP contribution in [0.15, 0.2) is 15.2 Å². The molecule has 0 aliphatic rings. The Morgan fingerprint density at radius 2 is 1.95 bits per heavy atom. The van der Waals surface area contributed by atoms with E-state index < -0.39 is 0 Å². The lowest BCUT2D eigenvalue weighted by molar-refractivity contribution is -0.130. The number of unbranched alkanes of at least 4 members (excludes halogenated alkanes) is 5. The fraction of sp³-hybridized carbons (Fsp3) is 0.667. The van der Waals surface area contributed by atoms with Gasteiger partial charge in [0.15, 0.2) is 0 Å². The largest absolute Gasteiger partial charge is 0.341 e. The van der Waals surface area contributed by atoms with E-state index in [0.717, 1.165) is 16.8 Å². The zero-order chi connectivity index (χ0) is 14.1. The molecule has 4 heteroatoms. The summed E-state index contributed by atoms with van der Waals surface area (Å²) in [5.41, 5.74) is 1.20. The number of thiophene rings is 1. The smallest absolute Gasteiger partial charge is 0.222 e. The van der Waals surface area contributed by atoms with Crippen LogP contribution in [0.3, 0.4) is 0 Å². The number of hydrogen-bond acceptors (Lipinski definition) is 2. The Labute approximate surface area is 129 Å². The summed E-state index contributed by atoms with van der Waals surface area (Å²) < 4.78 is 1.12. The lowest BCUT2D eigenvalue weighted by Gasteiger charge is -2.16. The summed E-state index contributed by atoms with van der Waals surface area (Å²) in [6, 6.07) is 2.08. The van der Waals surface area contributed by atoms with Crippen molar-refractivity contribution in [2.45, 2.75) is 58.4 Å². The molecular formula is C15H24BrNOS. The molecule has 0 radical (unpaired) electrons. The van der Waals surface area contributed by atoms with Crippen LogP contribution in [-0.2, 0) is 11.3 Å². The summed E-state index contributed by atoms with van der Waals surface area (Å²) in [5, 5.41) is 2.10. The molecule has 0 fully saturated rings. The highest BCUT2D eigenvalue weighted by Crippen LogP contribution is 2.21. The molecule has 1 amide bonds. The highest BCUT2D eigenvalue weighted by molar-refractivity contribution is 9.11. The van der Waals surface area contributed by atoms with Crippen LogP contribution in [0.4, 0.5) is 0 Å². The van der Waals surface area contributed by atoms with Crippen molar-refractivity contribution in [3.63, 3.8) is 0 Å². The van der Waals surface area contributed by atoms with E-state index in [4.69, 9.17) is 0 Å². The molecule has 108 valence electrons. The van der Waals surface area contributed by atoms with Crippen LogP contribution in [0.1, 0.15) is 57.4 Å². The fourth-order valence-electron chi connectivity index (χ4n) is 2.04. The average Bonchev–Trinajstić information content (AvgIpc) is 2.78. The molecule has 0 aromatic carbocycles. The molecule has 1 heterocycles. The van der Waals surface area contributed by atoms with Crippen molar-refractivity contribution in [2.75, 3.05) is 7.05 Å². The van der Waals surface area contributed by atoms with Gasteiger partial charge in [-0.15, -0.1) is 11.3 Å². The first-order valence-corrected chi connectivity index (χ1v) is 8.77. The molecule has 2 nitrogen and oxygen atoms in total. The summed E-state index contributed by atoms with van der Waals surface area (Å²) in [6.07, 6.45) is 8.07. The average molecular weight is 346 g/mol. The quantitative estimate of drug-likeness (QED) is 0.562. The van der Waals surface area contributed by atoms with Crippen molar-refractivity contribution >= 4 is 33.2 Å². The summed E-state index contributed by atoms with van der Waals surface area (Å²) >= 11 is 5.11. The number of carbonyl (C=O) groups is 1. The maximum absolute atomic E-state index is 12.0. The van der Waals surface area contributed by atoms with Crippen molar-refractivity contribution in [3.8, 4) is 0 Å². The van der Waals surface area contributed by atoms with Gasteiger partial charge in [0.05, 0.1) is 3.79 Å². The van der Waals surface area contributed by atoms with Crippen LogP contribution in [0.5, 0.6) is 0 Å². The SMILES string of the molecule is CCCCCCCCC(=O)N(C)Cc1csc(Br)c1. The van der Waals surface area contributed by atoms with E-state index in [1.807, 2.05) is 11.9 Å². The molecule has 1 aromatic heterocycles. The Balaban J connectivity index is 2.14. The molecule has 0 unspecified atom stereocenters. The molecule has 0 aliphatic heterocycles. The zero-order valence-electron chi connectivity index (χ0n) is 12.0. The monoisotopic (exact) mass is 345 g/mol. The van der Waals surface area contributed by atoms with Gasteiger partial charge in [0.1, 0.15) is 0 Å². The number of amides is 1. The van der Waals surface area contributed by atoms with Gasteiger partial charge in [0.25, 0.3) is 0 Å². The number of hydrogen-bond donors (Lipinski definition) is 0. The third kappa shape index (κ3) is 7.11. The third-order valence-electron chi connectivity index (χ3n) is 3.21. The Kier molecular flexibility index (Phi) is 8.38. The maximum atomic E-state index is 12.0. The second-order valence-electron chi connectivity index (χ2n) is 5.03. The highest BCUT2D eigenvalue weighted by Gasteiger charge is 2.09. The molecule has 0 saturated carbocycles. The number of nitrogens with zero attached hydrogens (tertiary/aromatic N) is 1. The van der Waals surface area contributed by atoms with Crippen molar-refractivity contribution in [2.24, 2.45) is 0 Å². The Bertz CT molecular complexity index is 378. The first-order valence-electron chi connectivity index (χ1n) is 7.10. The Morgan fingerprint density at radius 1 is 1.26 bits per heavy atom. The van der Waals surface area contributed by atoms with Gasteiger partial charge in [0.2, 0.25) is 5.91 Å². The van der Waals surface area contributed by atoms with Gasteiger partial charge < -0.3 is 4.90 Å². The van der Waals surface area contributed by atoms with Gasteiger partial charge in [-0.2, -0.15) is 0 Å². The van der Waals surface area contributed by atoms with E-state index in [2.05, 4.69) is 34.3 Å². The molecular weight excluding hydrogens is 322 g/mol. The number of rotatable bonds is 9. The van der Waals surface area contributed by atoms with E-state index in [9.17, 15) is 4.79 Å². The standard InChI is InChI=1S/C15H24BrNOS/c1-3-4-5-6-7-8-9-15(18)17(2)11-13-10-14(16)19-12-13/h10,12H,3-9,11H2,1-2H3. The number of carbonyl (C=O) groups excluding carboxylic acids is 1. The van der Waals surface area contributed by atoms with Gasteiger partial charge in [-0.1, -0.05) is 39.0 Å². The first-order chi connectivity index (χ1) is 9.13. The summed E-state index contributed by atoms with van der Waals surface area (Å²) in [4.78, 5) is 13.8. The molecule has 1 rings (SSSR count). The van der Waals surface area contributed by atoms with Gasteiger partial charge in [0, 0.05) is 20.0 Å². The van der Waals surface area contributed by atoms with Crippen molar-refractivity contribution in [1.29, 1.82) is 0 Å². The molecule has 0 bridgehead atoms. The van der Waals surface area contributed by atoms with Gasteiger partial charge >= 0.3 is 0 Å². The van der Waals surface area contributed by atoms with E-state index in [-0.39, 0.29) is 5.91 Å². The van der Waals surface area contributed by atoms with Crippen molar-refractivity contribution < 1.29 is 4.79 Å². The lowest BCUT2D eigenvalue weighted by atomic mass is 10.1. The molecule has 0 atom stereocenters. The molecule has 0 N–H and O–H groups in total. The van der Waals surface area contributed by atoms with Crippen LogP contribution >= 0.6 is 27.3 Å². The van der Waals surface area contributed by atoms with Crippen LogP contribution in [0.2, 0.25) is 0 Å².